The molecule has 0 saturated carbocycles. The Balaban J connectivity index is 1.60. The van der Waals surface area contributed by atoms with E-state index in [1.165, 1.54) is 24.5 Å². The van der Waals surface area contributed by atoms with Crippen LogP contribution in [0.15, 0.2) is 48.5 Å². The number of benzene rings is 2. The van der Waals surface area contributed by atoms with Crippen molar-refractivity contribution in [1.29, 1.82) is 0 Å². The van der Waals surface area contributed by atoms with Crippen molar-refractivity contribution in [2.75, 3.05) is 13.1 Å². The summed E-state index contributed by atoms with van der Waals surface area (Å²) in [6.45, 7) is 2.45. The first-order valence-corrected chi connectivity index (χ1v) is 7.50. The number of nitrogens with one attached hydrogen (secondary N) is 1. The normalized spacial score (nSPS) is 15.9. The molecule has 21 heavy (non-hydrogen) atoms. The molecule has 2 aromatic rings. The Bertz CT molecular complexity index is 576. The number of piperidine rings is 1. The minimum absolute atomic E-state index is 0.219. The fourth-order valence-electron chi connectivity index (χ4n) is 2.77. The molecule has 0 aromatic heterocycles. The van der Waals surface area contributed by atoms with Gasteiger partial charge in [0.2, 0.25) is 0 Å². The van der Waals surface area contributed by atoms with E-state index < -0.39 is 0 Å². The molecule has 0 bridgehead atoms. The summed E-state index contributed by atoms with van der Waals surface area (Å²) in [4.78, 5) is 0. The Morgan fingerprint density at radius 3 is 2.43 bits per heavy atom. The second-order valence-corrected chi connectivity index (χ2v) is 5.47. The number of ether oxygens (including phenoxy) is 1. The predicted octanol–water partition coefficient (Wildman–Crippen LogP) is 3.87. The summed E-state index contributed by atoms with van der Waals surface area (Å²) >= 11 is 0. The van der Waals surface area contributed by atoms with Gasteiger partial charge in [-0.15, -0.1) is 0 Å². The minimum atomic E-state index is -0.219. The van der Waals surface area contributed by atoms with Crippen LogP contribution in [0.2, 0.25) is 0 Å². The summed E-state index contributed by atoms with van der Waals surface area (Å²) < 4.78 is 19.2. The van der Waals surface area contributed by atoms with E-state index in [1.54, 1.807) is 12.1 Å². The van der Waals surface area contributed by atoms with Gasteiger partial charge in [0, 0.05) is 5.56 Å². The quantitative estimate of drug-likeness (QED) is 0.920. The summed E-state index contributed by atoms with van der Waals surface area (Å²) in [5.74, 6) is 1.21. The third kappa shape index (κ3) is 3.61. The second-order valence-electron chi connectivity index (χ2n) is 5.47. The molecule has 2 nitrogen and oxygen atoms in total. The summed E-state index contributed by atoms with van der Waals surface area (Å²) in [7, 11) is 0. The lowest BCUT2D eigenvalue weighted by molar-refractivity contribution is 0.299. The molecule has 0 radical (unpaired) electrons. The molecule has 110 valence electrons. The molecule has 0 amide bonds. The minimum Gasteiger partial charge on any atom is -0.489 e. The Morgan fingerprint density at radius 1 is 1.00 bits per heavy atom. The van der Waals surface area contributed by atoms with Crippen LogP contribution in [0.4, 0.5) is 4.39 Å². The molecule has 2 aromatic carbocycles. The van der Waals surface area contributed by atoms with Gasteiger partial charge in [-0.1, -0.05) is 30.3 Å². The highest BCUT2D eigenvalue weighted by Crippen LogP contribution is 2.27. The zero-order valence-electron chi connectivity index (χ0n) is 12.0. The van der Waals surface area contributed by atoms with Gasteiger partial charge in [0.05, 0.1) is 0 Å². The van der Waals surface area contributed by atoms with Gasteiger partial charge in [-0.3, -0.25) is 0 Å². The van der Waals surface area contributed by atoms with Crippen LogP contribution >= 0.6 is 0 Å². The molecule has 1 fully saturated rings. The van der Waals surface area contributed by atoms with Crippen LogP contribution in [-0.2, 0) is 6.61 Å². The molecule has 1 aliphatic rings. The van der Waals surface area contributed by atoms with Gasteiger partial charge < -0.3 is 10.1 Å². The van der Waals surface area contributed by atoms with E-state index in [9.17, 15) is 4.39 Å². The zero-order valence-corrected chi connectivity index (χ0v) is 12.0. The second kappa shape index (κ2) is 6.72. The molecule has 0 atom stereocenters. The maximum Gasteiger partial charge on any atom is 0.129 e. The smallest absolute Gasteiger partial charge is 0.129 e. The zero-order chi connectivity index (χ0) is 14.5. The lowest BCUT2D eigenvalue weighted by atomic mass is 9.90. The van der Waals surface area contributed by atoms with Gasteiger partial charge in [0.25, 0.3) is 0 Å². The van der Waals surface area contributed by atoms with E-state index in [4.69, 9.17) is 4.74 Å². The van der Waals surface area contributed by atoms with Gasteiger partial charge in [0.15, 0.2) is 0 Å². The Morgan fingerprint density at radius 2 is 1.71 bits per heavy atom. The summed E-state index contributed by atoms with van der Waals surface area (Å²) in [5.41, 5.74) is 1.95. The van der Waals surface area contributed by atoms with E-state index in [1.807, 2.05) is 18.2 Å². The van der Waals surface area contributed by atoms with Crippen LogP contribution in [-0.4, -0.2) is 13.1 Å². The van der Waals surface area contributed by atoms with Crippen LogP contribution in [0.1, 0.15) is 29.9 Å². The SMILES string of the molecule is Fc1ccccc1COc1ccc(C2CCNCC2)cc1. The van der Waals surface area contributed by atoms with Crippen molar-refractivity contribution < 1.29 is 9.13 Å². The van der Waals surface area contributed by atoms with Crippen LogP contribution in [0.25, 0.3) is 0 Å². The molecule has 1 saturated heterocycles. The van der Waals surface area contributed by atoms with Crippen molar-refractivity contribution in [2.24, 2.45) is 0 Å². The van der Waals surface area contributed by atoms with E-state index >= 15 is 0 Å². The van der Waals surface area contributed by atoms with Gasteiger partial charge in [0.1, 0.15) is 18.2 Å². The molecule has 0 aliphatic carbocycles. The number of rotatable bonds is 4. The molecule has 0 spiro atoms. The topological polar surface area (TPSA) is 21.3 Å². The average Bonchev–Trinajstić information content (AvgIpc) is 2.55. The average molecular weight is 285 g/mol. The number of hydrogen-bond acceptors (Lipinski definition) is 2. The first-order valence-electron chi connectivity index (χ1n) is 7.50. The van der Waals surface area contributed by atoms with Crippen molar-refractivity contribution >= 4 is 0 Å². The maximum atomic E-state index is 13.5. The predicted molar refractivity (Wildman–Crippen MR) is 82.0 cm³/mol. The number of halogens is 1. The first-order chi connectivity index (χ1) is 10.3. The highest BCUT2D eigenvalue weighted by atomic mass is 19.1. The van der Waals surface area contributed by atoms with Crippen molar-refractivity contribution in [2.45, 2.75) is 25.4 Å². The van der Waals surface area contributed by atoms with Crippen molar-refractivity contribution in [3.8, 4) is 5.75 Å². The molecule has 1 aliphatic heterocycles. The maximum absolute atomic E-state index is 13.5. The highest BCUT2D eigenvalue weighted by Gasteiger charge is 2.14. The molecule has 3 rings (SSSR count). The van der Waals surface area contributed by atoms with E-state index in [-0.39, 0.29) is 12.4 Å². The molecule has 1 heterocycles. The van der Waals surface area contributed by atoms with Crippen LogP contribution in [0.3, 0.4) is 0 Å². The van der Waals surface area contributed by atoms with E-state index in [0.717, 1.165) is 18.8 Å². The van der Waals surface area contributed by atoms with Gasteiger partial charge in [-0.05, 0) is 55.6 Å². The Labute approximate surface area is 125 Å². The Kier molecular flexibility index (Phi) is 4.51. The van der Waals surface area contributed by atoms with Gasteiger partial charge >= 0.3 is 0 Å². The van der Waals surface area contributed by atoms with E-state index in [0.29, 0.717) is 11.5 Å². The molecular weight excluding hydrogens is 265 g/mol. The van der Waals surface area contributed by atoms with Crippen molar-refractivity contribution in [1.82, 2.24) is 5.32 Å². The lowest BCUT2D eigenvalue weighted by Crippen LogP contribution is -2.26. The van der Waals surface area contributed by atoms with Crippen LogP contribution in [0.5, 0.6) is 5.75 Å². The highest BCUT2D eigenvalue weighted by molar-refractivity contribution is 5.30. The summed E-state index contributed by atoms with van der Waals surface area (Å²) in [5, 5.41) is 3.38. The third-order valence-electron chi connectivity index (χ3n) is 4.04. The third-order valence-corrected chi connectivity index (χ3v) is 4.04. The molecular formula is C18H20FNO. The lowest BCUT2D eigenvalue weighted by Gasteiger charge is -2.23. The summed E-state index contributed by atoms with van der Waals surface area (Å²) in [6, 6.07) is 14.9. The van der Waals surface area contributed by atoms with Gasteiger partial charge in [-0.2, -0.15) is 0 Å². The largest absolute Gasteiger partial charge is 0.489 e. The van der Waals surface area contributed by atoms with Crippen molar-refractivity contribution in [3.63, 3.8) is 0 Å². The van der Waals surface area contributed by atoms with E-state index in [2.05, 4.69) is 17.4 Å². The Hall–Kier alpha value is -1.87. The molecule has 1 N–H and O–H groups in total. The number of hydrogen-bond donors (Lipinski definition) is 1. The monoisotopic (exact) mass is 285 g/mol. The standard InChI is InChI=1S/C18H20FNO/c19-18-4-2-1-3-16(18)13-21-17-7-5-14(6-8-17)15-9-11-20-12-10-15/h1-8,15,20H,9-13H2. The van der Waals surface area contributed by atoms with Crippen LogP contribution < -0.4 is 10.1 Å². The molecule has 0 unspecified atom stereocenters. The summed E-state index contributed by atoms with van der Waals surface area (Å²) in [6.07, 6.45) is 2.38. The fourth-order valence-corrected chi connectivity index (χ4v) is 2.77. The molecule has 3 heteroatoms. The van der Waals surface area contributed by atoms with Gasteiger partial charge in [-0.25, -0.2) is 4.39 Å². The fraction of sp³-hybridized carbons (Fsp3) is 0.333. The first kappa shape index (κ1) is 14.1. The van der Waals surface area contributed by atoms with Crippen LogP contribution in [0, 0.1) is 5.82 Å². The van der Waals surface area contributed by atoms with Crippen molar-refractivity contribution in [3.05, 3.63) is 65.5 Å².